The van der Waals surface area contributed by atoms with Gasteiger partial charge in [-0.1, -0.05) is 121 Å². The zero-order chi connectivity index (χ0) is 35.1. The minimum absolute atomic E-state index is 0.834. The number of aromatic nitrogens is 2. The minimum Gasteiger partial charge on any atom is -0.452 e. The highest BCUT2D eigenvalue weighted by molar-refractivity contribution is 6.35. The quantitative estimate of drug-likeness (QED) is 0.169. The van der Waals surface area contributed by atoms with E-state index in [0.29, 0.717) is 0 Å². The molecule has 13 rings (SSSR count). The predicted molar refractivity (Wildman–Crippen MR) is 224 cm³/mol. The summed E-state index contributed by atoms with van der Waals surface area (Å²) in [6, 6.07) is 60.9. The fourth-order valence-corrected chi connectivity index (χ4v) is 9.37. The van der Waals surface area contributed by atoms with Gasteiger partial charge >= 0.3 is 0 Å². The van der Waals surface area contributed by atoms with Crippen LogP contribution in [-0.4, -0.2) is 8.80 Å². The van der Waals surface area contributed by atoms with E-state index in [0.717, 1.165) is 88.1 Å². The summed E-state index contributed by atoms with van der Waals surface area (Å²) in [6.45, 7) is 0. The second kappa shape index (κ2) is 10.2. The van der Waals surface area contributed by atoms with Crippen molar-refractivity contribution in [3.63, 3.8) is 0 Å². The average molecular weight is 689 g/mol. The van der Waals surface area contributed by atoms with Crippen molar-refractivity contribution in [3.05, 3.63) is 170 Å². The van der Waals surface area contributed by atoms with Crippen LogP contribution in [0.2, 0.25) is 0 Å². The number of hydrogen-bond donors (Lipinski definition) is 0. The molecule has 4 heteroatoms. The molecule has 0 aliphatic carbocycles. The maximum Gasteiger partial charge on any atom is 0.162 e. The molecule has 0 amide bonds. The second-order valence-corrected chi connectivity index (χ2v) is 14.4. The van der Waals surface area contributed by atoms with Gasteiger partial charge in [0.1, 0.15) is 11.0 Å². The van der Waals surface area contributed by atoms with Gasteiger partial charge in [0.15, 0.2) is 22.3 Å². The first-order valence-electron chi connectivity index (χ1n) is 18.4. The Kier molecular flexibility index (Phi) is 5.34. The molecular weight excluding hydrogens is 661 g/mol. The van der Waals surface area contributed by atoms with E-state index < -0.39 is 0 Å². The van der Waals surface area contributed by atoms with Gasteiger partial charge in [0.2, 0.25) is 0 Å². The molecular formula is C50H28N2O2. The van der Waals surface area contributed by atoms with E-state index in [9.17, 15) is 0 Å². The van der Waals surface area contributed by atoms with E-state index in [1.54, 1.807) is 0 Å². The predicted octanol–water partition coefficient (Wildman–Crippen LogP) is 13.9. The summed E-state index contributed by atoms with van der Waals surface area (Å²) >= 11 is 0. The molecule has 4 heterocycles. The first-order valence-corrected chi connectivity index (χ1v) is 18.4. The van der Waals surface area contributed by atoms with Gasteiger partial charge < -0.3 is 17.6 Å². The topological polar surface area (TPSA) is 35.1 Å². The van der Waals surface area contributed by atoms with Crippen molar-refractivity contribution in [2.45, 2.75) is 0 Å². The Morgan fingerprint density at radius 3 is 1.26 bits per heavy atom. The van der Waals surface area contributed by atoms with Crippen LogP contribution in [-0.2, 0) is 0 Å². The Morgan fingerprint density at radius 1 is 0.333 bits per heavy atom. The van der Waals surface area contributed by atoms with Gasteiger partial charge in [-0.05, 0) is 92.3 Å². The molecule has 0 aliphatic rings. The summed E-state index contributed by atoms with van der Waals surface area (Å²) in [6.07, 6.45) is 0. The molecule has 0 saturated carbocycles. The van der Waals surface area contributed by atoms with E-state index in [-0.39, 0.29) is 0 Å². The fraction of sp³-hybridized carbons (Fsp3) is 0. The number of para-hydroxylation sites is 4. The molecule has 0 spiro atoms. The molecule has 4 aromatic heterocycles. The SMILES string of the molecule is c1ccc2c(-c3ccc4c(c3)c3c5oc6ccccc6n6c7ccc(-c8cccc9ccccc89)cc7c(c7oc8ccccc8n4c73)c56)cccc2c1. The summed E-state index contributed by atoms with van der Waals surface area (Å²) in [4.78, 5) is 0. The highest BCUT2D eigenvalue weighted by Gasteiger charge is 2.28. The highest BCUT2D eigenvalue weighted by Crippen LogP contribution is 2.49. The van der Waals surface area contributed by atoms with Crippen LogP contribution in [0, 0.1) is 0 Å². The molecule has 0 unspecified atom stereocenters. The van der Waals surface area contributed by atoms with Gasteiger partial charge in [-0.3, -0.25) is 0 Å². The number of benzene rings is 9. The zero-order valence-corrected chi connectivity index (χ0v) is 28.9. The molecule has 0 fully saturated rings. The van der Waals surface area contributed by atoms with Crippen molar-refractivity contribution in [1.29, 1.82) is 0 Å². The van der Waals surface area contributed by atoms with Crippen molar-refractivity contribution in [1.82, 2.24) is 8.80 Å². The van der Waals surface area contributed by atoms with E-state index >= 15 is 0 Å². The minimum atomic E-state index is 0.834. The Labute approximate surface area is 307 Å². The largest absolute Gasteiger partial charge is 0.452 e. The van der Waals surface area contributed by atoms with E-state index in [1.807, 2.05) is 0 Å². The van der Waals surface area contributed by atoms with Crippen molar-refractivity contribution < 1.29 is 8.83 Å². The Hall–Kier alpha value is -7.30. The third kappa shape index (κ3) is 3.57. The summed E-state index contributed by atoms with van der Waals surface area (Å²) in [5.74, 6) is 0. The van der Waals surface area contributed by atoms with E-state index in [1.165, 1.54) is 32.7 Å². The Balaban J connectivity index is 1.26. The van der Waals surface area contributed by atoms with E-state index in [2.05, 4.69) is 179 Å². The fourth-order valence-electron chi connectivity index (χ4n) is 9.37. The zero-order valence-electron chi connectivity index (χ0n) is 28.9. The molecule has 0 bridgehead atoms. The lowest BCUT2D eigenvalue weighted by Gasteiger charge is -2.11. The van der Waals surface area contributed by atoms with Crippen LogP contribution in [0.15, 0.2) is 179 Å². The lowest BCUT2D eigenvalue weighted by molar-refractivity contribution is 0.653. The summed E-state index contributed by atoms with van der Waals surface area (Å²) < 4.78 is 19.0. The Bertz CT molecular complexity index is 3480. The molecule has 250 valence electrons. The van der Waals surface area contributed by atoms with Crippen LogP contribution >= 0.6 is 0 Å². The smallest absolute Gasteiger partial charge is 0.162 e. The molecule has 13 aromatic rings. The van der Waals surface area contributed by atoms with Crippen molar-refractivity contribution >= 4 is 98.5 Å². The Morgan fingerprint density at radius 2 is 0.759 bits per heavy atom. The molecule has 4 nitrogen and oxygen atoms in total. The standard InChI is InChI=1S/C50H28N2O2/c1-3-15-33-29(11-1)13-9-17-35(33)31-23-25-39-37(27-31)45-47-50(54-43-21-7-5-19-41(43)51(39)47)46-38-28-32(36-18-10-14-30-12-2-4-16-34(30)36)24-26-40(38)52-42-20-6-8-22-44(42)53-49(45)48(46)52/h1-28H. The first kappa shape index (κ1) is 28.3. The summed E-state index contributed by atoms with van der Waals surface area (Å²) in [7, 11) is 0. The van der Waals surface area contributed by atoms with Gasteiger partial charge in [-0.25, -0.2) is 0 Å². The van der Waals surface area contributed by atoms with Gasteiger partial charge in [0.25, 0.3) is 0 Å². The lowest BCUT2D eigenvalue weighted by atomic mass is 9.96. The van der Waals surface area contributed by atoms with Gasteiger partial charge in [-0.2, -0.15) is 0 Å². The molecule has 0 saturated heterocycles. The van der Waals surface area contributed by atoms with E-state index in [4.69, 9.17) is 8.83 Å². The maximum absolute atomic E-state index is 7.12. The third-order valence-corrected chi connectivity index (χ3v) is 11.7. The summed E-state index contributed by atoms with van der Waals surface area (Å²) in [5.41, 5.74) is 14.4. The summed E-state index contributed by atoms with van der Waals surface area (Å²) in [5, 5.41) is 9.28. The number of nitrogens with zero attached hydrogens (tertiary/aromatic N) is 2. The maximum atomic E-state index is 7.12. The van der Waals surface area contributed by atoms with Crippen molar-refractivity contribution in [2.75, 3.05) is 0 Å². The molecule has 0 atom stereocenters. The van der Waals surface area contributed by atoms with Crippen LogP contribution in [0.5, 0.6) is 0 Å². The van der Waals surface area contributed by atoms with Gasteiger partial charge in [-0.15, -0.1) is 0 Å². The van der Waals surface area contributed by atoms with Gasteiger partial charge in [0, 0.05) is 10.8 Å². The average Bonchev–Trinajstić information content (AvgIpc) is 3.76. The molecule has 0 radical (unpaired) electrons. The molecule has 9 aromatic carbocycles. The normalized spacial score (nSPS) is 12.4. The van der Waals surface area contributed by atoms with Crippen molar-refractivity contribution in [2.24, 2.45) is 0 Å². The number of fused-ring (bicyclic) bond motifs is 14. The number of rotatable bonds is 2. The number of hydrogen-bond acceptors (Lipinski definition) is 2. The molecule has 0 N–H and O–H groups in total. The van der Waals surface area contributed by atoms with Crippen LogP contribution in [0.25, 0.3) is 121 Å². The first-order chi connectivity index (χ1) is 26.8. The van der Waals surface area contributed by atoms with Crippen LogP contribution < -0.4 is 0 Å². The molecule has 0 aliphatic heterocycles. The van der Waals surface area contributed by atoms with Crippen LogP contribution in [0.3, 0.4) is 0 Å². The second-order valence-electron chi connectivity index (χ2n) is 14.4. The van der Waals surface area contributed by atoms with Gasteiger partial charge in [0.05, 0.1) is 32.8 Å². The van der Waals surface area contributed by atoms with Crippen molar-refractivity contribution in [3.8, 4) is 22.3 Å². The highest BCUT2D eigenvalue weighted by atomic mass is 16.3. The van der Waals surface area contributed by atoms with Crippen LogP contribution in [0.4, 0.5) is 0 Å². The third-order valence-electron chi connectivity index (χ3n) is 11.7. The lowest BCUT2D eigenvalue weighted by Crippen LogP contribution is -1.93. The molecule has 54 heavy (non-hydrogen) atoms. The van der Waals surface area contributed by atoms with Crippen LogP contribution in [0.1, 0.15) is 0 Å². The monoisotopic (exact) mass is 688 g/mol.